The van der Waals surface area contributed by atoms with Crippen LogP contribution < -0.4 is 0 Å². The molecule has 11 nitrogen and oxygen atoms in total. The van der Waals surface area contributed by atoms with Crippen molar-refractivity contribution in [3.63, 3.8) is 0 Å². The fourth-order valence-corrected chi connectivity index (χ4v) is 0.0577. The molecule has 0 saturated carbocycles. The van der Waals surface area contributed by atoms with E-state index in [1.54, 1.807) is 0 Å². The molecule has 0 radical (unpaired) electrons. The molecule has 0 spiro atoms. The Hall–Kier alpha value is -0.380. The van der Waals surface area contributed by atoms with Crippen LogP contribution in [-0.2, 0) is 20.8 Å². The number of hydrogen-bond acceptors (Lipinski definition) is 7. The number of aliphatic hydroxyl groups is 3. The Morgan fingerprint density at radius 3 is 0.875 bits per heavy atom. The van der Waals surface area contributed by atoms with E-state index in [9.17, 15) is 0 Å². The van der Waals surface area contributed by atoms with Gasteiger partial charge in [0.05, 0.1) is 13.2 Å². The van der Waals surface area contributed by atoms with Crippen LogP contribution in [0.5, 0.6) is 0 Å². The molecule has 16 heavy (non-hydrogen) atoms. The Morgan fingerprint density at radius 2 is 0.875 bits per heavy atom. The lowest BCUT2D eigenvalue weighted by Gasteiger charge is -1.96. The SMILES string of the molecule is O=S(=O)(O)O.O=S(=O)(O)O.OCC(O)CO. The molecular formula is C3H12O11S2. The first kappa shape index (κ1) is 21.0. The molecule has 0 atom stereocenters. The summed E-state index contributed by atoms with van der Waals surface area (Å²) in [6, 6.07) is 0. The van der Waals surface area contributed by atoms with E-state index >= 15 is 0 Å². The number of aliphatic hydroxyl groups excluding tert-OH is 3. The van der Waals surface area contributed by atoms with Gasteiger partial charge in [0.15, 0.2) is 0 Å². The second kappa shape index (κ2) is 9.82. The van der Waals surface area contributed by atoms with E-state index in [-0.39, 0.29) is 13.2 Å². The standard InChI is InChI=1S/C3H8O3.2H2O4S/c4-1-3(6)2-5;2*1-5(2,3)4/h3-6H,1-2H2;2*(H2,1,2,3,4). The molecule has 13 heteroatoms. The van der Waals surface area contributed by atoms with Crippen molar-refractivity contribution in [3.8, 4) is 0 Å². The quantitative estimate of drug-likeness (QED) is 0.255. The average molecular weight is 288 g/mol. The highest BCUT2D eigenvalue weighted by atomic mass is 32.3. The fraction of sp³-hybridized carbons (Fsp3) is 1.00. The molecule has 0 aromatic carbocycles. The molecule has 0 heterocycles. The zero-order valence-electron chi connectivity index (χ0n) is 7.57. The molecule has 102 valence electrons. The molecule has 0 saturated heterocycles. The van der Waals surface area contributed by atoms with Gasteiger partial charge in [-0.1, -0.05) is 0 Å². The Bertz CT molecular complexity index is 276. The van der Waals surface area contributed by atoms with Crippen LogP contribution in [0, 0.1) is 0 Å². The monoisotopic (exact) mass is 288 g/mol. The zero-order valence-corrected chi connectivity index (χ0v) is 9.20. The minimum Gasteiger partial charge on any atom is -0.394 e. The first-order chi connectivity index (χ1) is 6.81. The number of rotatable bonds is 2. The van der Waals surface area contributed by atoms with E-state index in [0.717, 1.165) is 0 Å². The molecule has 0 bridgehead atoms. The van der Waals surface area contributed by atoms with Crippen LogP contribution in [0.15, 0.2) is 0 Å². The van der Waals surface area contributed by atoms with Crippen molar-refractivity contribution in [3.05, 3.63) is 0 Å². The lowest BCUT2D eigenvalue weighted by atomic mass is 10.4. The van der Waals surface area contributed by atoms with Crippen molar-refractivity contribution in [1.82, 2.24) is 0 Å². The third-order valence-corrected chi connectivity index (χ3v) is 0.421. The lowest BCUT2D eigenvalue weighted by molar-refractivity contribution is 0.0450. The summed E-state index contributed by atoms with van der Waals surface area (Å²) < 4.78 is 63.2. The van der Waals surface area contributed by atoms with E-state index in [1.165, 1.54) is 0 Å². The summed E-state index contributed by atoms with van der Waals surface area (Å²) in [6.07, 6.45) is -0.954. The topological polar surface area (TPSA) is 210 Å². The maximum atomic E-state index is 8.74. The van der Waals surface area contributed by atoms with Crippen molar-refractivity contribution < 1.29 is 50.4 Å². The van der Waals surface area contributed by atoms with Crippen LogP contribution >= 0.6 is 0 Å². The van der Waals surface area contributed by atoms with Crippen molar-refractivity contribution in [2.75, 3.05) is 13.2 Å². The second-order valence-electron chi connectivity index (χ2n) is 1.91. The fourth-order valence-electron chi connectivity index (χ4n) is 0.0577. The summed E-state index contributed by atoms with van der Waals surface area (Å²) in [5, 5.41) is 24.0. The summed E-state index contributed by atoms with van der Waals surface area (Å²) in [6.45, 7) is -0.729. The molecular weight excluding hydrogens is 276 g/mol. The molecule has 0 aliphatic carbocycles. The van der Waals surface area contributed by atoms with E-state index in [1.807, 2.05) is 0 Å². The Labute approximate surface area is 91.1 Å². The van der Waals surface area contributed by atoms with Crippen LogP contribution in [0.25, 0.3) is 0 Å². The predicted octanol–water partition coefficient (Wildman–Crippen LogP) is -2.97. The molecule has 7 N–H and O–H groups in total. The first-order valence-electron chi connectivity index (χ1n) is 3.10. The molecule has 0 rings (SSSR count). The largest absolute Gasteiger partial charge is 0.394 e. The Balaban J connectivity index is -0.000000160. The van der Waals surface area contributed by atoms with Gasteiger partial charge in [-0.3, -0.25) is 18.2 Å². The van der Waals surface area contributed by atoms with Gasteiger partial charge < -0.3 is 15.3 Å². The average Bonchev–Trinajstić information content (AvgIpc) is 1.96. The van der Waals surface area contributed by atoms with Gasteiger partial charge in [-0.2, -0.15) is 16.8 Å². The van der Waals surface area contributed by atoms with E-state index < -0.39 is 26.9 Å². The molecule has 0 amide bonds. The van der Waals surface area contributed by atoms with Gasteiger partial charge in [0.2, 0.25) is 0 Å². The normalized spacial score (nSPS) is 11.0. The summed E-state index contributed by atoms with van der Waals surface area (Å²) in [5.41, 5.74) is 0. The molecule has 0 aliphatic heterocycles. The first-order valence-corrected chi connectivity index (χ1v) is 5.90. The minimum atomic E-state index is -4.67. The third kappa shape index (κ3) is 166. The number of hydrogen-bond donors (Lipinski definition) is 7. The summed E-state index contributed by atoms with van der Waals surface area (Å²) in [4.78, 5) is 0. The highest BCUT2D eigenvalue weighted by Gasteiger charge is 1.93. The molecule has 0 aromatic rings. The lowest BCUT2D eigenvalue weighted by Crippen LogP contribution is -2.15. The molecule has 0 fully saturated rings. The van der Waals surface area contributed by atoms with Crippen molar-refractivity contribution in [2.45, 2.75) is 6.10 Å². The van der Waals surface area contributed by atoms with Gasteiger partial charge in [0.25, 0.3) is 0 Å². The van der Waals surface area contributed by atoms with Gasteiger partial charge >= 0.3 is 20.8 Å². The van der Waals surface area contributed by atoms with Crippen LogP contribution in [0.4, 0.5) is 0 Å². The van der Waals surface area contributed by atoms with E-state index in [2.05, 4.69) is 0 Å². The van der Waals surface area contributed by atoms with Gasteiger partial charge in [-0.05, 0) is 0 Å². The van der Waals surface area contributed by atoms with Crippen molar-refractivity contribution in [2.24, 2.45) is 0 Å². The Kier molecular flexibility index (Phi) is 12.9. The van der Waals surface area contributed by atoms with Gasteiger partial charge in [-0.15, -0.1) is 0 Å². The van der Waals surface area contributed by atoms with E-state index in [0.29, 0.717) is 0 Å². The third-order valence-electron chi connectivity index (χ3n) is 0.421. The highest BCUT2D eigenvalue weighted by molar-refractivity contribution is 7.80. The summed E-state index contributed by atoms with van der Waals surface area (Å²) in [7, 11) is -9.33. The summed E-state index contributed by atoms with van der Waals surface area (Å²) >= 11 is 0. The maximum absolute atomic E-state index is 8.74. The smallest absolute Gasteiger partial charge is 0.394 e. The highest BCUT2D eigenvalue weighted by Crippen LogP contribution is 1.71. The van der Waals surface area contributed by atoms with Gasteiger partial charge in [0.1, 0.15) is 6.10 Å². The molecule has 0 unspecified atom stereocenters. The molecule has 0 aliphatic rings. The van der Waals surface area contributed by atoms with E-state index in [4.69, 9.17) is 50.4 Å². The van der Waals surface area contributed by atoms with Crippen LogP contribution in [0.2, 0.25) is 0 Å². The predicted molar refractivity (Wildman–Crippen MR) is 48.5 cm³/mol. The van der Waals surface area contributed by atoms with Crippen molar-refractivity contribution >= 4 is 20.8 Å². The van der Waals surface area contributed by atoms with Crippen LogP contribution in [0.1, 0.15) is 0 Å². The van der Waals surface area contributed by atoms with Crippen molar-refractivity contribution in [1.29, 1.82) is 0 Å². The molecule has 0 aromatic heterocycles. The maximum Gasteiger partial charge on any atom is 0.394 e. The van der Waals surface area contributed by atoms with Gasteiger partial charge in [0, 0.05) is 0 Å². The minimum absolute atomic E-state index is 0.365. The van der Waals surface area contributed by atoms with Gasteiger partial charge in [-0.25, -0.2) is 0 Å². The Morgan fingerprint density at radius 1 is 0.750 bits per heavy atom. The van der Waals surface area contributed by atoms with Crippen LogP contribution in [-0.4, -0.2) is 69.7 Å². The zero-order chi connectivity index (χ0) is 14.0. The summed E-state index contributed by atoms with van der Waals surface area (Å²) in [5.74, 6) is 0. The van der Waals surface area contributed by atoms with Crippen LogP contribution in [0.3, 0.4) is 0 Å². The second-order valence-corrected chi connectivity index (χ2v) is 3.71.